The molecule has 0 radical (unpaired) electrons. The second-order valence-electron chi connectivity index (χ2n) is 2.49. The minimum absolute atomic E-state index is 0.375. The molecule has 0 N–H and O–H groups in total. The fraction of sp³-hybridized carbons (Fsp3) is 0.222. The van der Waals surface area contributed by atoms with Gasteiger partial charge in [0.05, 0.1) is 6.07 Å². The highest BCUT2D eigenvalue weighted by Gasteiger charge is 1.98. The lowest BCUT2D eigenvalue weighted by Crippen LogP contribution is -2.16. The van der Waals surface area contributed by atoms with Gasteiger partial charge in [0, 0.05) is 17.8 Å². The van der Waals surface area contributed by atoms with Gasteiger partial charge >= 0.3 is 0 Å². The minimum Gasteiger partial charge on any atom is -0.361 e. The molecule has 1 aromatic rings. The minimum atomic E-state index is 0.375. The lowest BCUT2D eigenvalue weighted by molar-refractivity contribution is 1.04. The average molecular weight is 181 g/mol. The zero-order valence-corrected chi connectivity index (χ0v) is 7.54. The normalized spacial score (nSPS) is 9.08. The van der Waals surface area contributed by atoms with Crippen molar-refractivity contribution in [2.45, 2.75) is 0 Å². The third-order valence-corrected chi connectivity index (χ3v) is 1.79. The molecule has 12 heavy (non-hydrogen) atoms. The molecular weight excluding hydrogens is 172 g/mol. The van der Waals surface area contributed by atoms with Gasteiger partial charge in [-0.25, -0.2) is 0 Å². The van der Waals surface area contributed by atoms with Crippen LogP contribution in [0.3, 0.4) is 0 Å². The number of halogens is 1. The van der Waals surface area contributed by atoms with E-state index in [1.54, 1.807) is 0 Å². The Hall–Kier alpha value is -1.20. The summed E-state index contributed by atoms with van der Waals surface area (Å²) in [5.74, 6) is 0. The van der Waals surface area contributed by atoms with Crippen molar-refractivity contribution in [3.63, 3.8) is 0 Å². The Balaban J connectivity index is 2.82. The topological polar surface area (TPSA) is 27.0 Å². The average Bonchev–Trinajstić information content (AvgIpc) is 2.05. The first-order valence-electron chi connectivity index (χ1n) is 3.57. The number of anilines is 1. The van der Waals surface area contributed by atoms with E-state index in [1.807, 2.05) is 36.2 Å². The molecule has 0 heterocycles. The van der Waals surface area contributed by atoms with E-state index in [0.29, 0.717) is 11.6 Å². The van der Waals surface area contributed by atoms with Crippen molar-refractivity contribution < 1.29 is 0 Å². The van der Waals surface area contributed by atoms with E-state index in [2.05, 4.69) is 6.07 Å². The number of rotatable bonds is 2. The van der Waals surface area contributed by atoms with Crippen molar-refractivity contribution in [2.75, 3.05) is 18.5 Å². The summed E-state index contributed by atoms with van der Waals surface area (Å²) in [5, 5.41) is 9.13. The lowest BCUT2D eigenvalue weighted by atomic mass is 10.3. The van der Waals surface area contributed by atoms with Gasteiger partial charge in [-0.3, -0.25) is 0 Å². The molecule has 1 aromatic carbocycles. The molecule has 1 rings (SSSR count). The first kappa shape index (κ1) is 8.89. The van der Waals surface area contributed by atoms with E-state index >= 15 is 0 Å². The first-order chi connectivity index (χ1) is 5.74. The van der Waals surface area contributed by atoms with E-state index in [-0.39, 0.29) is 0 Å². The highest BCUT2D eigenvalue weighted by molar-refractivity contribution is 6.30. The van der Waals surface area contributed by atoms with Crippen molar-refractivity contribution in [1.29, 1.82) is 5.26 Å². The van der Waals surface area contributed by atoms with E-state index in [4.69, 9.17) is 16.9 Å². The predicted molar refractivity (Wildman–Crippen MR) is 50.3 cm³/mol. The Bertz CT molecular complexity index is 304. The van der Waals surface area contributed by atoms with Crippen molar-refractivity contribution in [2.24, 2.45) is 0 Å². The smallest absolute Gasteiger partial charge is 0.105 e. The second-order valence-corrected chi connectivity index (χ2v) is 2.93. The lowest BCUT2D eigenvalue weighted by Gasteiger charge is -2.14. The summed E-state index contributed by atoms with van der Waals surface area (Å²) < 4.78 is 0. The Kier molecular flexibility index (Phi) is 2.95. The summed E-state index contributed by atoms with van der Waals surface area (Å²) in [6, 6.07) is 9.50. The van der Waals surface area contributed by atoms with Gasteiger partial charge in [-0.05, 0) is 18.2 Å². The van der Waals surface area contributed by atoms with Crippen molar-refractivity contribution >= 4 is 17.3 Å². The van der Waals surface area contributed by atoms with Crippen LogP contribution in [-0.4, -0.2) is 13.6 Å². The van der Waals surface area contributed by atoms with Crippen LogP contribution in [0.1, 0.15) is 0 Å². The number of hydrogen-bond donors (Lipinski definition) is 0. The molecule has 0 atom stereocenters. The zero-order valence-electron chi connectivity index (χ0n) is 6.79. The molecule has 0 unspecified atom stereocenters. The molecule has 62 valence electrons. The Morgan fingerprint density at radius 2 is 2.33 bits per heavy atom. The van der Waals surface area contributed by atoms with Gasteiger partial charge in [0.2, 0.25) is 0 Å². The van der Waals surface area contributed by atoms with E-state index in [9.17, 15) is 0 Å². The number of hydrogen-bond acceptors (Lipinski definition) is 2. The van der Waals surface area contributed by atoms with Gasteiger partial charge in [0.15, 0.2) is 0 Å². The van der Waals surface area contributed by atoms with Crippen molar-refractivity contribution in [3.05, 3.63) is 29.3 Å². The summed E-state index contributed by atoms with van der Waals surface area (Å²) >= 11 is 5.78. The Labute approximate surface area is 77.0 Å². The summed E-state index contributed by atoms with van der Waals surface area (Å²) in [4.78, 5) is 1.84. The molecule has 0 spiro atoms. The predicted octanol–water partition coefficient (Wildman–Crippen LogP) is 2.30. The molecule has 0 aliphatic rings. The highest BCUT2D eigenvalue weighted by Crippen LogP contribution is 2.17. The molecule has 0 aliphatic heterocycles. The van der Waals surface area contributed by atoms with Gasteiger partial charge in [0.25, 0.3) is 0 Å². The van der Waals surface area contributed by atoms with Gasteiger partial charge in [0.1, 0.15) is 6.54 Å². The second kappa shape index (κ2) is 3.99. The molecule has 0 amide bonds. The molecule has 0 aromatic heterocycles. The Morgan fingerprint density at radius 3 is 2.92 bits per heavy atom. The zero-order chi connectivity index (χ0) is 8.97. The quantitative estimate of drug-likeness (QED) is 0.653. The fourth-order valence-electron chi connectivity index (χ4n) is 0.911. The SMILES string of the molecule is CN(CC#N)c1cccc(Cl)c1. The maximum Gasteiger partial charge on any atom is 0.105 e. The third-order valence-electron chi connectivity index (χ3n) is 1.56. The van der Waals surface area contributed by atoms with Gasteiger partial charge in [-0.2, -0.15) is 5.26 Å². The van der Waals surface area contributed by atoms with E-state index in [0.717, 1.165) is 5.69 Å². The maximum atomic E-state index is 8.44. The molecule has 0 fully saturated rings. The molecule has 2 nitrogen and oxygen atoms in total. The molecule has 0 saturated heterocycles. The third kappa shape index (κ3) is 2.14. The Morgan fingerprint density at radius 1 is 1.58 bits per heavy atom. The first-order valence-corrected chi connectivity index (χ1v) is 3.95. The number of benzene rings is 1. The monoisotopic (exact) mass is 180 g/mol. The van der Waals surface area contributed by atoms with E-state index < -0.39 is 0 Å². The standard InChI is InChI=1S/C9H9ClN2/c1-12(6-5-11)9-4-2-3-8(10)7-9/h2-4,7H,6H2,1H3. The van der Waals surface area contributed by atoms with Crippen LogP contribution in [0.15, 0.2) is 24.3 Å². The van der Waals surface area contributed by atoms with Crippen LogP contribution in [0, 0.1) is 11.3 Å². The summed E-state index contributed by atoms with van der Waals surface area (Å²) in [7, 11) is 1.86. The van der Waals surface area contributed by atoms with Crippen LogP contribution >= 0.6 is 11.6 Å². The molecule has 0 aliphatic carbocycles. The summed E-state index contributed by atoms with van der Waals surface area (Å²) in [6.07, 6.45) is 0. The summed E-state index contributed by atoms with van der Waals surface area (Å²) in [6.45, 7) is 0.375. The number of nitriles is 1. The fourth-order valence-corrected chi connectivity index (χ4v) is 1.10. The van der Waals surface area contributed by atoms with Crippen LogP contribution in [0.2, 0.25) is 5.02 Å². The van der Waals surface area contributed by atoms with Crippen LogP contribution in [0.25, 0.3) is 0 Å². The van der Waals surface area contributed by atoms with Crippen molar-refractivity contribution in [1.82, 2.24) is 0 Å². The van der Waals surface area contributed by atoms with Crippen LogP contribution < -0.4 is 4.90 Å². The van der Waals surface area contributed by atoms with Gasteiger partial charge < -0.3 is 4.90 Å². The van der Waals surface area contributed by atoms with E-state index in [1.165, 1.54) is 0 Å². The largest absolute Gasteiger partial charge is 0.361 e. The molecule has 0 bridgehead atoms. The maximum absolute atomic E-state index is 8.44. The molecular formula is C9H9ClN2. The summed E-state index contributed by atoms with van der Waals surface area (Å²) in [5.41, 5.74) is 0.962. The van der Waals surface area contributed by atoms with Crippen LogP contribution in [-0.2, 0) is 0 Å². The van der Waals surface area contributed by atoms with Gasteiger partial charge in [-0.15, -0.1) is 0 Å². The highest BCUT2D eigenvalue weighted by atomic mass is 35.5. The number of nitrogens with zero attached hydrogens (tertiary/aromatic N) is 2. The van der Waals surface area contributed by atoms with Crippen LogP contribution in [0.4, 0.5) is 5.69 Å². The van der Waals surface area contributed by atoms with Crippen LogP contribution in [0.5, 0.6) is 0 Å². The molecule has 3 heteroatoms. The van der Waals surface area contributed by atoms with Gasteiger partial charge in [-0.1, -0.05) is 17.7 Å². The molecule has 0 saturated carbocycles. The van der Waals surface area contributed by atoms with Crippen molar-refractivity contribution in [3.8, 4) is 6.07 Å².